The molecule has 0 aliphatic heterocycles. The van der Waals surface area contributed by atoms with Crippen LogP contribution in [0.1, 0.15) is 12.5 Å². The second kappa shape index (κ2) is 7.05. The Balaban J connectivity index is 2.95. The minimum Gasteiger partial charge on any atom is -0.495 e. The van der Waals surface area contributed by atoms with Crippen molar-refractivity contribution in [3.63, 3.8) is 0 Å². The second-order valence-corrected chi connectivity index (χ2v) is 3.62. The minimum atomic E-state index is -1.03. The average Bonchev–Trinajstić information content (AvgIpc) is 2.36. The van der Waals surface area contributed by atoms with Crippen molar-refractivity contribution in [2.75, 3.05) is 19.0 Å². The van der Waals surface area contributed by atoms with Crippen LogP contribution in [0.5, 0.6) is 5.75 Å². The molecule has 0 spiro atoms. The number of urea groups is 1. The van der Waals surface area contributed by atoms with E-state index in [0.717, 1.165) is 6.08 Å². The number of methoxy groups -OCH3 is 1. The van der Waals surface area contributed by atoms with Crippen LogP contribution < -0.4 is 15.4 Å². The molecule has 0 heterocycles. The molecule has 0 saturated carbocycles. The van der Waals surface area contributed by atoms with Gasteiger partial charge in [0.2, 0.25) is 0 Å². The smallest absolute Gasteiger partial charge is 0.328 e. The first-order chi connectivity index (χ1) is 9.06. The van der Waals surface area contributed by atoms with Gasteiger partial charge in [0.05, 0.1) is 12.8 Å². The summed E-state index contributed by atoms with van der Waals surface area (Å²) in [6.07, 6.45) is 2.46. The monoisotopic (exact) mass is 264 g/mol. The van der Waals surface area contributed by atoms with Crippen LogP contribution in [0.15, 0.2) is 24.3 Å². The highest BCUT2D eigenvalue weighted by atomic mass is 16.5. The van der Waals surface area contributed by atoms with Gasteiger partial charge in [0.15, 0.2) is 0 Å². The molecular weight excluding hydrogens is 248 g/mol. The largest absolute Gasteiger partial charge is 0.495 e. The van der Waals surface area contributed by atoms with Gasteiger partial charge in [0.25, 0.3) is 0 Å². The normalized spacial score (nSPS) is 10.2. The molecule has 102 valence electrons. The number of aliphatic carboxylic acids is 1. The third kappa shape index (κ3) is 4.71. The van der Waals surface area contributed by atoms with Crippen molar-refractivity contribution in [1.82, 2.24) is 5.32 Å². The summed E-state index contributed by atoms with van der Waals surface area (Å²) in [6, 6.07) is 4.64. The predicted molar refractivity (Wildman–Crippen MR) is 72.4 cm³/mol. The van der Waals surface area contributed by atoms with Gasteiger partial charge in [-0.2, -0.15) is 0 Å². The van der Waals surface area contributed by atoms with Crippen LogP contribution in [0.3, 0.4) is 0 Å². The van der Waals surface area contributed by atoms with Crippen molar-refractivity contribution in [3.8, 4) is 5.75 Å². The lowest BCUT2D eigenvalue weighted by atomic mass is 10.1. The summed E-state index contributed by atoms with van der Waals surface area (Å²) in [5.41, 5.74) is 1.12. The Morgan fingerprint density at radius 3 is 2.74 bits per heavy atom. The van der Waals surface area contributed by atoms with Crippen LogP contribution >= 0.6 is 0 Å². The Morgan fingerprint density at radius 2 is 2.16 bits per heavy atom. The molecule has 19 heavy (non-hydrogen) atoms. The summed E-state index contributed by atoms with van der Waals surface area (Å²) in [6.45, 7) is 2.32. The molecule has 3 N–H and O–H groups in total. The van der Waals surface area contributed by atoms with E-state index in [9.17, 15) is 9.59 Å². The molecule has 1 rings (SSSR count). The fourth-order valence-electron chi connectivity index (χ4n) is 1.42. The zero-order valence-electron chi connectivity index (χ0n) is 10.8. The third-order valence-corrected chi connectivity index (χ3v) is 2.23. The number of carbonyl (C=O) groups is 2. The number of ether oxygens (including phenoxy) is 1. The van der Waals surface area contributed by atoms with Gasteiger partial charge in [-0.25, -0.2) is 9.59 Å². The number of anilines is 1. The van der Waals surface area contributed by atoms with Gasteiger partial charge >= 0.3 is 12.0 Å². The Hall–Kier alpha value is -2.50. The fourth-order valence-corrected chi connectivity index (χ4v) is 1.42. The average molecular weight is 264 g/mol. The van der Waals surface area contributed by atoms with Crippen LogP contribution in [0, 0.1) is 0 Å². The Labute approximate surface area is 111 Å². The number of nitrogens with one attached hydrogen (secondary N) is 2. The van der Waals surface area contributed by atoms with Crippen molar-refractivity contribution in [2.24, 2.45) is 0 Å². The van der Waals surface area contributed by atoms with E-state index in [-0.39, 0.29) is 6.03 Å². The van der Waals surface area contributed by atoms with Crippen molar-refractivity contribution >= 4 is 23.8 Å². The molecule has 0 fully saturated rings. The van der Waals surface area contributed by atoms with Gasteiger partial charge in [-0.15, -0.1) is 0 Å². The summed E-state index contributed by atoms with van der Waals surface area (Å²) in [5, 5.41) is 13.8. The highest BCUT2D eigenvalue weighted by Crippen LogP contribution is 2.25. The molecule has 2 amide bonds. The molecule has 0 radical (unpaired) electrons. The Kier molecular flexibility index (Phi) is 5.40. The summed E-state index contributed by atoms with van der Waals surface area (Å²) >= 11 is 0. The van der Waals surface area contributed by atoms with E-state index in [2.05, 4.69) is 10.6 Å². The molecule has 1 aromatic carbocycles. The van der Waals surface area contributed by atoms with Crippen LogP contribution in [0.4, 0.5) is 10.5 Å². The maximum Gasteiger partial charge on any atom is 0.328 e. The molecular formula is C13H16N2O4. The predicted octanol–water partition coefficient (Wildman–Crippen LogP) is 1.93. The van der Waals surface area contributed by atoms with E-state index in [1.165, 1.54) is 13.2 Å². The first-order valence-corrected chi connectivity index (χ1v) is 5.70. The summed E-state index contributed by atoms with van der Waals surface area (Å²) in [5.74, 6) is -0.534. The van der Waals surface area contributed by atoms with Gasteiger partial charge in [0, 0.05) is 12.6 Å². The first kappa shape index (κ1) is 14.6. The van der Waals surface area contributed by atoms with E-state index in [1.54, 1.807) is 18.2 Å². The zero-order chi connectivity index (χ0) is 14.3. The summed E-state index contributed by atoms with van der Waals surface area (Å²) in [4.78, 5) is 21.9. The fraction of sp³-hybridized carbons (Fsp3) is 0.231. The SMILES string of the molecule is CCNC(=O)Nc1cc(C=CC(=O)O)ccc1OC. The quantitative estimate of drug-likeness (QED) is 0.709. The number of benzene rings is 1. The topological polar surface area (TPSA) is 87.7 Å². The molecule has 0 aliphatic carbocycles. The van der Waals surface area contributed by atoms with Crippen LogP contribution in [0.25, 0.3) is 6.08 Å². The Morgan fingerprint density at radius 1 is 1.42 bits per heavy atom. The van der Waals surface area contributed by atoms with E-state index in [1.807, 2.05) is 6.92 Å². The molecule has 6 heteroatoms. The van der Waals surface area contributed by atoms with Crippen molar-refractivity contribution < 1.29 is 19.4 Å². The van der Waals surface area contributed by atoms with Gasteiger partial charge in [-0.1, -0.05) is 6.07 Å². The number of rotatable bonds is 5. The standard InChI is InChI=1S/C13H16N2O4/c1-3-14-13(18)15-10-8-9(5-7-12(16)17)4-6-11(10)19-2/h4-8H,3H2,1-2H3,(H,16,17)(H2,14,15,18). The second-order valence-electron chi connectivity index (χ2n) is 3.62. The van der Waals surface area contributed by atoms with Crippen LogP contribution in [-0.2, 0) is 4.79 Å². The lowest BCUT2D eigenvalue weighted by Crippen LogP contribution is -2.28. The maximum atomic E-state index is 11.5. The van der Waals surface area contributed by atoms with Crippen LogP contribution in [-0.4, -0.2) is 30.8 Å². The number of carbonyl (C=O) groups excluding carboxylic acids is 1. The van der Waals surface area contributed by atoms with Crippen LogP contribution in [0.2, 0.25) is 0 Å². The van der Waals surface area contributed by atoms with Crippen molar-refractivity contribution in [3.05, 3.63) is 29.8 Å². The highest BCUT2D eigenvalue weighted by molar-refractivity contribution is 5.92. The lowest BCUT2D eigenvalue weighted by molar-refractivity contribution is -0.131. The molecule has 0 aliphatic rings. The first-order valence-electron chi connectivity index (χ1n) is 5.70. The Bertz CT molecular complexity index is 497. The molecule has 0 atom stereocenters. The van der Waals surface area contributed by atoms with E-state index in [0.29, 0.717) is 23.5 Å². The number of carboxylic acid groups (broad SMARTS) is 1. The minimum absolute atomic E-state index is 0.347. The number of amides is 2. The summed E-state index contributed by atoms with van der Waals surface area (Å²) < 4.78 is 5.12. The maximum absolute atomic E-state index is 11.5. The molecule has 0 aromatic heterocycles. The molecule has 1 aromatic rings. The van der Waals surface area contributed by atoms with Crippen molar-refractivity contribution in [2.45, 2.75) is 6.92 Å². The molecule has 0 unspecified atom stereocenters. The molecule has 0 saturated heterocycles. The number of hydrogen-bond donors (Lipinski definition) is 3. The highest BCUT2D eigenvalue weighted by Gasteiger charge is 2.07. The van der Waals surface area contributed by atoms with Crippen molar-refractivity contribution in [1.29, 1.82) is 0 Å². The van der Waals surface area contributed by atoms with E-state index >= 15 is 0 Å². The van der Waals surface area contributed by atoms with Gasteiger partial charge in [0.1, 0.15) is 5.75 Å². The summed E-state index contributed by atoms with van der Waals surface area (Å²) in [7, 11) is 1.49. The van der Waals surface area contributed by atoms with E-state index < -0.39 is 5.97 Å². The third-order valence-electron chi connectivity index (χ3n) is 2.23. The lowest BCUT2D eigenvalue weighted by Gasteiger charge is -2.11. The number of carboxylic acids is 1. The van der Waals surface area contributed by atoms with E-state index in [4.69, 9.17) is 9.84 Å². The van der Waals surface area contributed by atoms with Gasteiger partial charge in [-0.3, -0.25) is 0 Å². The number of hydrogen-bond acceptors (Lipinski definition) is 3. The zero-order valence-corrected chi connectivity index (χ0v) is 10.8. The molecule has 0 bridgehead atoms. The van der Waals surface area contributed by atoms with Gasteiger partial charge < -0.3 is 20.5 Å². The molecule has 6 nitrogen and oxygen atoms in total. The van der Waals surface area contributed by atoms with Gasteiger partial charge in [-0.05, 0) is 30.7 Å².